The number of hydrogen-bond acceptors (Lipinski definition) is 5. The zero-order valence-electron chi connectivity index (χ0n) is 25.4. The Hall–Kier alpha value is -2.90. The molecule has 2 aromatic rings. The fourth-order valence-corrected chi connectivity index (χ4v) is 4.96. The minimum absolute atomic E-state index is 0.000940. The molecule has 0 aliphatic carbocycles. The Kier molecular flexibility index (Phi) is 12.5. The van der Waals surface area contributed by atoms with Gasteiger partial charge in [0.05, 0.1) is 6.04 Å². The molecule has 2 amide bonds. The van der Waals surface area contributed by atoms with E-state index in [1.807, 2.05) is 66.5 Å². The molecule has 1 heterocycles. The summed E-state index contributed by atoms with van der Waals surface area (Å²) in [4.78, 5) is 33.8. The van der Waals surface area contributed by atoms with Crippen molar-refractivity contribution in [3.05, 3.63) is 65.7 Å². The van der Waals surface area contributed by atoms with E-state index >= 15 is 0 Å². The number of amides is 2. The number of carbonyl (C=O) groups excluding carboxylic acids is 2. The third kappa shape index (κ3) is 10.3. The summed E-state index contributed by atoms with van der Waals surface area (Å²) in [5.41, 5.74) is 2.11. The molecular weight excluding hydrogens is 500 g/mol. The lowest BCUT2D eigenvalue weighted by molar-refractivity contribution is -0.139. The van der Waals surface area contributed by atoms with Crippen molar-refractivity contribution in [2.75, 3.05) is 46.8 Å². The van der Waals surface area contributed by atoms with Gasteiger partial charge in [-0.05, 0) is 68.6 Å². The third-order valence-corrected chi connectivity index (χ3v) is 7.63. The second-order valence-electron chi connectivity index (χ2n) is 12.1. The molecule has 1 fully saturated rings. The van der Waals surface area contributed by atoms with Gasteiger partial charge in [-0.2, -0.15) is 0 Å². The van der Waals surface area contributed by atoms with Gasteiger partial charge in [0.1, 0.15) is 18.4 Å². The van der Waals surface area contributed by atoms with Crippen LogP contribution in [-0.4, -0.2) is 85.4 Å². The van der Waals surface area contributed by atoms with E-state index in [0.29, 0.717) is 38.0 Å². The average Bonchev–Trinajstić information content (AvgIpc) is 2.94. The maximum atomic E-state index is 13.8. The van der Waals surface area contributed by atoms with Crippen LogP contribution in [0.1, 0.15) is 51.7 Å². The van der Waals surface area contributed by atoms with Gasteiger partial charge in [0.25, 0.3) is 0 Å². The Balaban J connectivity index is 1.73. The quantitative estimate of drug-likeness (QED) is 0.376. The van der Waals surface area contributed by atoms with Crippen LogP contribution in [-0.2, 0) is 22.6 Å². The van der Waals surface area contributed by atoms with Gasteiger partial charge in [-0.25, -0.2) is 0 Å². The summed E-state index contributed by atoms with van der Waals surface area (Å²) in [5.74, 6) is 1.65. The number of rotatable bonds is 14. The lowest BCUT2D eigenvalue weighted by Gasteiger charge is -2.36. The van der Waals surface area contributed by atoms with Gasteiger partial charge < -0.3 is 19.9 Å². The zero-order valence-corrected chi connectivity index (χ0v) is 25.4. The Morgan fingerprint density at radius 1 is 0.900 bits per heavy atom. The monoisotopic (exact) mass is 550 g/mol. The molecule has 0 saturated carbocycles. The van der Waals surface area contributed by atoms with Crippen LogP contribution >= 0.6 is 0 Å². The van der Waals surface area contributed by atoms with Crippen molar-refractivity contribution in [2.45, 2.75) is 65.6 Å². The van der Waals surface area contributed by atoms with Crippen molar-refractivity contribution < 1.29 is 14.3 Å². The SMILES string of the molecule is CC(C)CCN(C)C(CC(C)C)C(=O)NC(Cc1ccc(OCc2ccccc2)cc1)C(=O)N1CCN(C)CC1. The van der Waals surface area contributed by atoms with Gasteiger partial charge in [0, 0.05) is 32.6 Å². The summed E-state index contributed by atoms with van der Waals surface area (Å²) in [7, 11) is 4.10. The van der Waals surface area contributed by atoms with E-state index in [4.69, 9.17) is 4.74 Å². The van der Waals surface area contributed by atoms with Crippen molar-refractivity contribution in [1.82, 2.24) is 20.0 Å². The highest BCUT2D eigenvalue weighted by Crippen LogP contribution is 2.18. The van der Waals surface area contributed by atoms with Crippen molar-refractivity contribution >= 4 is 11.8 Å². The molecule has 1 N–H and O–H groups in total. The van der Waals surface area contributed by atoms with Crippen molar-refractivity contribution in [3.63, 3.8) is 0 Å². The predicted octanol–water partition coefficient (Wildman–Crippen LogP) is 4.46. The molecule has 220 valence electrons. The molecule has 2 unspecified atom stereocenters. The number of likely N-dealkylation sites (N-methyl/N-ethyl adjacent to an activating group) is 2. The zero-order chi connectivity index (χ0) is 29.1. The first-order valence-corrected chi connectivity index (χ1v) is 14.9. The molecule has 2 atom stereocenters. The van der Waals surface area contributed by atoms with Crippen LogP contribution in [0.15, 0.2) is 54.6 Å². The van der Waals surface area contributed by atoms with E-state index in [9.17, 15) is 9.59 Å². The van der Waals surface area contributed by atoms with Crippen molar-refractivity contribution in [2.24, 2.45) is 11.8 Å². The van der Waals surface area contributed by atoms with E-state index in [1.54, 1.807) is 0 Å². The summed E-state index contributed by atoms with van der Waals surface area (Å²) in [6, 6.07) is 17.1. The van der Waals surface area contributed by atoms with Crippen LogP contribution in [0.2, 0.25) is 0 Å². The summed E-state index contributed by atoms with van der Waals surface area (Å²) in [6.07, 6.45) is 2.23. The number of hydrogen-bond donors (Lipinski definition) is 1. The maximum absolute atomic E-state index is 13.8. The first-order valence-electron chi connectivity index (χ1n) is 14.9. The fourth-order valence-electron chi connectivity index (χ4n) is 4.96. The van der Waals surface area contributed by atoms with E-state index in [-0.39, 0.29) is 17.9 Å². The predicted molar refractivity (Wildman–Crippen MR) is 162 cm³/mol. The second kappa shape index (κ2) is 15.8. The molecule has 1 saturated heterocycles. The van der Waals surface area contributed by atoms with E-state index in [0.717, 1.165) is 49.4 Å². The van der Waals surface area contributed by atoms with Crippen LogP contribution in [0, 0.1) is 11.8 Å². The molecule has 7 nitrogen and oxygen atoms in total. The Bertz CT molecular complexity index is 1030. The van der Waals surface area contributed by atoms with Gasteiger partial charge in [-0.1, -0.05) is 70.2 Å². The molecular formula is C33H50N4O3. The van der Waals surface area contributed by atoms with Gasteiger partial charge in [-0.15, -0.1) is 0 Å². The van der Waals surface area contributed by atoms with Gasteiger partial charge >= 0.3 is 0 Å². The molecule has 7 heteroatoms. The summed E-state index contributed by atoms with van der Waals surface area (Å²) < 4.78 is 5.95. The average molecular weight is 551 g/mol. The number of piperazine rings is 1. The Morgan fingerprint density at radius 2 is 1.55 bits per heavy atom. The molecule has 2 aromatic carbocycles. The fraction of sp³-hybridized carbons (Fsp3) is 0.576. The highest BCUT2D eigenvalue weighted by atomic mass is 16.5. The maximum Gasteiger partial charge on any atom is 0.245 e. The van der Waals surface area contributed by atoms with E-state index < -0.39 is 6.04 Å². The largest absolute Gasteiger partial charge is 0.489 e. The molecule has 0 aromatic heterocycles. The van der Waals surface area contributed by atoms with Crippen LogP contribution in [0.5, 0.6) is 5.75 Å². The van der Waals surface area contributed by atoms with Crippen LogP contribution in [0.25, 0.3) is 0 Å². The first kappa shape index (κ1) is 31.6. The van der Waals surface area contributed by atoms with Crippen molar-refractivity contribution in [3.8, 4) is 5.75 Å². The molecule has 3 rings (SSSR count). The highest BCUT2D eigenvalue weighted by Gasteiger charge is 2.32. The number of nitrogens with zero attached hydrogens (tertiary/aromatic N) is 3. The molecule has 0 spiro atoms. The number of benzene rings is 2. The summed E-state index contributed by atoms with van der Waals surface area (Å²) in [5, 5.41) is 3.19. The van der Waals surface area contributed by atoms with Crippen LogP contribution in [0.3, 0.4) is 0 Å². The lowest BCUT2D eigenvalue weighted by atomic mass is 9.99. The molecule has 0 radical (unpaired) electrons. The van der Waals surface area contributed by atoms with Crippen molar-refractivity contribution in [1.29, 1.82) is 0 Å². The van der Waals surface area contributed by atoms with Gasteiger partial charge in [0.2, 0.25) is 11.8 Å². The molecule has 40 heavy (non-hydrogen) atoms. The summed E-state index contributed by atoms with van der Waals surface area (Å²) in [6.45, 7) is 13.1. The summed E-state index contributed by atoms with van der Waals surface area (Å²) >= 11 is 0. The third-order valence-electron chi connectivity index (χ3n) is 7.63. The van der Waals surface area contributed by atoms with E-state index in [1.165, 1.54) is 0 Å². The number of carbonyl (C=O) groups is 2. The topological polar surface area (TPSA) is 65.1 Å². The number of nitrogens with one attached hydrogen (secondary N) is 1. The smallest absolute Gasteiger partial charge is 0.245 e. The minimum atomic E-state index is -0.611. The number of ether oxygens (including phenoxy) is 1. The molecule has 1 aliphatic heterocycles. The normalized spacial score (nSPS) is 15.9. The van der Waals surface area contributed by atoms with Crippen LogP contribution < -0.4 is 10.1 Å². The van der Waals surface area contributed by atoms with Gasteiger partial charge in [0.15, 0.2) is 0 Å². The van der Waals surface area contributed by atoms with Gasteiger partial charge in [-0.3, -0.25) is 14.5 Å². The Labute approximate surface area is 241 Å². The van der Waals surface area contributed by atoms with Crippen LogP contribution in [0.4, 0.5) is 0 Å². The molecule has 1 aliphatic rings. The Morgan fingerprint density at radius 3 is 2.15 bits per heavy atom. The first-order chi connectivity index (χ1) is 19.1. The van der Waals surface area contributed by atoms with E-state index in [2.05, 4.69) is 49.9 Å². The molecule has 0 bridgehead atoms. The standard InChI is InChI=1S/C33H50N4O3/c1-25(2)16-17-36(6)31(22-26(3)4)32(38)34-30(33(39)37-20-18-35(5)19-21-37)23-27-12-14-29(15-13-27)40-24-28-10-8-7-9-11-28/h7-15,25-26,30-31H,16-24H2,1-6H3,(H,34,38). The second-order valence-corrected chi connectivity index (χ2v) is 12.1. The minimum Gasteiger partial charge on any atom is -0.489 e. The lowest BCUT2D eigenvalue weighted by Crippen LogP contribution is -2.57. The highest BCUT2D eigenvalue weighted by molar-refractivity contribution is 5.90.